The van der Waals surface area contributed by atoms with E-state index in [1.807, 2.05) is 0 Å². The number of likely N-dealkylation sites (tertiary alicyclic amines) is 1. The van der Waals surface area contributed by atoms with Gasteiger partial charge in [-0.1, -0.05) is 83.0 Å². The van der Waals surface area contributed by atoms with Crippen LogP contribution in [0.5, 0.6) is 0 Å². The Hall–Kier alpha value is -1.91. The Labute approximate surface area is 208 Å². The molecule has 1 atom stereocenters. The normalized spacial score (nSPS) is 16.8. The summed E-state index contributed by atoms with van der Waals surface area (Å²) in [5, 5.41) is 5.98. The number of nitrogens with one attached hydrogen (secondary N) is 1. The summed E-state index contributed by atoms with van der Waals surface area (Å²) >= 11 is 0. The number of hydrogen-bond acceptors (Lipinski definition) is 3. The van der Waals surface area contributed by atoms with Crippen LogP contribution in [0.15, 0.2) is 42.5 Å². The lowest BCUT2D eigenvalue weighted by molar-refractivity contribution is -0.122. The highest BCUT2D eigenvalue weighted by Crippen LogP contribution is 2.40. The van der Waals surface area contributed by atoms with Gasteiger partial charge in [0.05, 0.1) is 6.54 Å². The van der Waals surface area contributed by atoms with Crippen molar-refractivity contribution in [3.8, 4) is 0 Å². The summed E-state index contributed by atoms with van der Waals surface area (Å²) in [4.78, 5) is 17.7. The van der Waals surface area contributed by atoms with E-state index in [4.69, 9.17) is 0 Å². The average molecular weight is 466 g/mol. The van der Waals surface area contributed by atoms with Gasteiger partial charge in [-0.2, -0.15) is 0 Å². The van der Waals surface area contributed by atoms with Crippen LogP contribution >= 0.6 is 0 Å². The fourth-order valence-electron chi connectivity index (χ4n) is 5.70. The fourth-order valence-corrected chi connectivity index (χ4v) is 5.70. The third-order valence-corrected chi connectivity index (χ3v) is 8.09. The molecule has 0 aromatic heterocycles. The van der Waals surface area contributed by atoms with Crippen LogP contribution in [-0.4, -0.2) is 61.5 Å². The maximum atomic E-state index is 12.9. The first kappa shape index (κ1) is 26.7. The Balaban J connectivity index is 1.81. The van der Waals surface area contributed by atoms with Crippen LogP contribution in [0.2, 0.25) is 0 Å². The molecule has 188 valence electrons. The second kappa shape index (κ2) is 13.3. The molecule has 2 aromatic carbocycles. The van der Waals surface area contributed by atoms with Gasteiger partial charge in [0.25, 0.3) is 0 Å². The number of hydrogen-bond donors (Lipinski definition) is 1. The van der Waals surface area contributed by atoms with Crippen LogP contribution in [0.1, 0.15) is 71.8 Å². The second-order valence-electron chi connectivity index (χ2n) is 10.4. The smallest absolute Gasteiger partial charge is 0.234 e. The maximum Gasteiger partial charge on any atom is 0.234 e. The molecule has 0 radical (unpaired) electrons. The molecular formula is C30H47N3O. The molecular weight excluding hydrogens is 418 g/mol. The summed E-state index contributed by atoms with van der Waals surface area (Å²) in [6, 6.07) is 15.4. The van der Waals surface area contributed by atoms with Gasteiger partial charge in [0.1, 0.15) is 0 Å². The summed E-state index contributed by atoms with van der Waals surface area (Å²) in [5.74, 6) is 0.560. The first-order chi connectivity index (χ1) is 16.5. The number of nitrogens with zero attached hydrogens (tertiary/aromatic N) is 2. The number of amides is 1. The predicted octanol–water partition coefficient (Wildman–Crippen LogP) is 5.85. The summed E-state index contributed by atoms with van der Waals surface area (Å²) in [7, 11) is 0. The average Bonchev–Trinajstić information content (AvgIpc) is 2.87. The number of fused-ring (bicyclic) bond motifs is 1. The minimum Gasteiger partial charge on any atom is -0.354 e. The van der Waals surface area contributed by atoms with Crippen molar-refractivity contribution in [1.82, 2.24) is 15.1 Å². The summed E-state index contributed by atoms with van der Waals surface area (Å²) < 4.78 is 0. The number of piperidine rings is 1. The Kier molecular flexibility index (Phi) is 10.4. The molecule has 4 heteroatoms. The van der Waals surface area contributed by atoms with Crippen LogP contribution in [0.3, 0.4) is 0 Å². The van der Waals surface area contributed by atoms with Crippen molar-refractivity contribution in [3.05, 3.63) is 48.0 Å². The Morgan fingerprint density at radius 1 is 1.00 bits per heavy atom. The van der Waals surface area contributed by atoms with E-state index in [1.54, 1.807) is 0 Å². The van der Waals surface area contributed by atoms with Gasteiger partial charge in [0.2, 0.25) is 5.91 Å². The number of carbonyl (C=O) groups is 1. The first-order valence-corrected chi connectivity index (χ1v) is 13.7. The van der Waals surface area contributed by atoms with Crippen LogP contribution < -0.4 is 5.32 Å². The highest BCUT2D eigenvalue weighted by atomic mass is 16.2. The molecule has 1 aliphatic heterocycles. The van der Waals surface area contributed by atoms with Gasteiger partial charge in [-0.15, -0.1) is 0 Å². The lowest BCUT2D eigenvalue weighted by Gasteiger charge is -2.40. The fraction of sp³-hybridized carbons (Fsp3) is 0.633. The zero-order chi connectivity index (χ0) is 24.4. The lowest BCUT2D eigenvalue weighted by Crippen LogP contribution is -2.47. The number of benzene rings is 2. The van der Waals surface area contributed by atoms with E-state index in [2.05, 4.69) is 85.3 Å². The highest BCUT2D eigenvalue weighted by Gasteiger charge is 2.37. The summed E-state index contributed by atoms with van der Waals surface area (Å²) in [6.07, 6.45) is 7.60. The molecule has 1 saturated heterocycles. The number of rotatable bonds is 13. The molecule has 2 aromatic rings. The molecule has 0 aliphatic carbocycles. The van der Waals surface area contributed by atoms with Gasteiger partial charge in [0, 0.05) is 12.0 Å². The van der Waals surface area contributed by atoms with Crippen molar-refractivity contribution in [2.24, 2.45) is 5.92 Å². The lowest BCUT2D eigenvalue weighted by atomic mass is 9.67. The third kappa shape index (κ3) is 6.82. The van der Waals surface area contributed by atoms with E-state index >= 15 is 0 Å². The van der Waals surface area contributed by atoms with Crippen molar-refractivity contribution in [1.29, 1.82) is 0 Å². The van der Waals surface area contributed by atoms with E-state index in [0.29, 0.717) is 19.0 Å². The van der Waals surface area contributed by atoms with Gasteiger partial charge in [-0.05, 0) is 80.7 Å². The molecule has 1 fully saturated rings. The molecule has 1 aliphatic rings. The standard InChI is InChI=1S/C30H47N3O/c1-5-32(6-2)23-29(34)31-24-30(25(3)4,19-10-13-22-33-20-11-7-12-21-33)28-18-14-16-26-15-8-9-17-27(26)28/h8-9,14-18,25H,5-7,10-13,19-24H2,1-4H3,(H,31,34). The number of unbranched alkanes of at least 4 members (excludes halogenated alkanes) is 1. The molecule has 0 saturated carbocycles. The van der Waals surface area contributed by atoms with Crippen molar-refractivity contribution in [2.75, 3.05) is 45.8 Å². The highest BCUT2D eigenvalue weighted by molar-refractivity contribution is 5.87. The Morgan fingerprint density at radius 2 is 1.71 bits per heavy atom. The SMILES string of the molecule is CCN(CC)CC(=O)NCC(CCCCN1CCCCC1)(c1cccc2ccccc12)C(C)C. The van der Waals surface area contributed by atoms with Crippen LogP contribution in [-0.2, 0) is 10.2 Å². The van der Waals surface area contributed by atoms with Gasteiger partial charge in [-0.3, -0.25) is 9.69 Å². The zero-order valence-corrected chi connectivity index (χ0v) is 22.1. The van der Waals surface area contributed by atoms with Crippen LogP contribution in [0.4, 0.5) is 0 Å². The molecule has 1 unspecified atom stereocenters. The van der Waals surface area contributed by atoms with Gasteiger partial charge < -0.3 is 10.2 Å². The largest absolute Gasteiger partial charge is 0.354 e. The molecule has 1 amide bonds. The molecule has 1 heterocycles. The molecule has 0 bridgehead atoms. The summed E-state index contributed by atoms with van der Waals surface area (Å²) in [6.45, 7) is 15.6. The first-order valence-electron chi connectivity index (χ1n) is 13.7. The maximum absolute atomic E-state index is 12.9. The minimum atomic E-state index is -0.0817. The van der Waals surface area contributed by atoms with E-state index in [1.165, 1.54) is 68.1 Å². The van der Waals surface area contributed by atoms with E-state index in [0.717, 1.165) is 19.5 Å². The van der Waals surface area contributed by atoms with Gasteiger partial charge >= 0.3 is 0 Å². The van der Waals surface area contributed by atoms with Gasteiger partial charge in [-0.25, -0.2) is 0 Å². The van der Waals surface area contributed by atoms with Crippen LogP contribution in [0.25, 0.3) is 10.8 Å². The van der Waals surface area contributed by atoms with E-state index in [9.17, 15) is 4.79 Å². The molecule has 0 spiro atoms. The Bertz CT molecular complexity index is 880. The number of likely N-dealkylation sites (N-methyl/N-ethyl adjacent to an activating group) is 1. The van der Waals surface area contributed by atoms with Gasteiger partial charge in [0.15, 0.2) is 0 Å². The van der Waals surface area contributed by atoms with E-state index in [-0.39, 0.29) is 11.3 Å². The third-order valence-electron chi connectivity index (χ3n) is 8.09. The second-order valence-corrected chi connectivity index (χ2v) is 10.4. The summed E-state index contributed by atoms with van der Waals surface area (Å²) in [5.41, 5.74) is 1.31. The topological polar surface area (TPSA) is 35.6 Å². The predicted molar refractivity (Wildman–Crippen MR) is 145 cm³/mol. The van der Waals surface area contributed by atoms with Crippen molar-refractivity contribution in [2.45, 2.75) is 71.6 Å². The van der Waals surface area contributed by atoms with E-state index < -0.39 is 0 Å². The van der Waals surface area contributed by atoms with Crippen molar-refractivity contribution >= 4 is 16.7 Å². The molecule has 34 heavy (non-hydrogen) atoms. The quantitative estimate of drug-likeness (QED) is 0.377. The zero-order valence-electron chi connectivity index (χ0n) is 22.1. The molecule has 4 nitrogen and oxygen atoms in total. The minimum absolute atomic E-state index is 0.0817. The van der Waals surface area contributed by atoms with Crippen molar-refractivity contribution in [3.63, 3.8) is 0 Å². The van der Waals surface area contributed by atoms with Crippen LogP contribution in [0, 0.1) is 5.92 Å². The number of carbonyl (C=O) groups excluding carboxylic acids is 1. The monoisotopic (exact) mass is 465 g/mol. The molecule has 3 rings (SSSR count). The molecule has 1 N–H and O–H groups in total. The van der Waals surface area contributed by atoms with Crippen molar-refractivity contribution < 1.29 is 4.79 Å². The Morgan fingerprint density at radius 3 is 2.41 bits per heavy atom.